The fraction of sp³-hybridized carbons (Fsp3) is 0.0714. The van der Waals surface area contributed by atoms with Crippen LogP contribution in [0.5, 0.6) is 0 Å². The molecule has 0 aliphatic rings. The van der Waals surface area contributed by atoms with E-state index in [1.54, 1.807) is 23.3 Å². The molecule has 2 N–H and O–H groups in total. The lowest BCUT2D eigenvalue weighted by molar-refractivity contribution is 0.366. The van der Waals surface area contributed by atoms with Crippen LogP contribution in [0.3, 0.4) is 0 Å². The molecule has 104 valence electrons. The molecule has 0 atom stereocenters. The average molecular weight is 281 g/mol. The van der Waals surface area contributed by atoms with Crippen LogP contribution in [0.4, 0.5) is 5.69 Å². The highest BCUT2D eigenvalue weighted by atomic mass is 16.5. The molecule has 1 aromatic carbocycles. The van der Waals surface area contributed by atoms with E-state index in [9.17, 15) is 0 Å². The first-order valence-corrected chi connectivity index (χ1v) is 6.37. The largest absolute Gasteiger partial charge is 0.464 e. The number of hydrogen-bond donors (Lipinski definition) is 1. The summed E-state index contributed by atoms with van der Waals surface area (Å²) >= 11 is 0. The molecule has 0 amide bonds. The molecule has 7 nitrogen and oxygen atoms in total. The Balaban J connectivity index is 1.68. The SMILES string of the molecule is Nc1cnn(Cc2nc(-c3coc4ccccc34)no2)c1. The van der Waals surface area contributed by atoms with Crippen LogP contribution in [0.25, 0.3) is 22.4 Å². The Morgan fingerprint density at radius 3 is 3.00 bits per heavy atom. The summed E-state index contributed by atoms with van der Waals surface area (Å²) in [6, 6.07) is 7.71. The van der Waals surface area contributed by atoms with E-state index in [-0.39, 0.29) is 0 Å². The van der Waals surface area contributed by atoms with Gasteiger partial charge in [-0.05, 0) is 6.07 Å². The van der Waals surface area contributed by atoms with Gasteiger partial charge in [-0.15, -0.1) is 0 Å². The van der Waals surface area contributed by atoms with Gasteiger partial charge < -0.3 is 14.7 Å². The first-order valence-electron chi connectivity index (χ1n) is 6.37. The molecule has 0 fully saturated rings. The van der Waals surface area contributed by atoms with E-state index in [0.717, 1.165) is 16.5 Å². The van der Waals surface area contributed by atoms with Gasteiger partial charge in [0.1, 0.15) is 18.4 Å². The van der Waals surface area contributed by atoms with Crippen molar-refractivity contribution in [1.29, 1.82) is 0 Å². The molecule has 0 unspecified atom stereocenters. The summed E-state index contributed by atoms with van der Waals surface area (Å²) in [7, 11) is 0. The lowest BCUT2D eigenvalue weighted by Gasteiger charge is -1.93. The van der Waals surface area contributed by atoms with Crippen molar-refractivity contribution in [2.24, 2.45) is 0 Å². The van der Waals surface area contributed by atoms with Gasteiger partial charge >= 0.3 is 0 Å². The topological polar surface area (TPSA) is 95.9 Å². The standard InChI is InChI=1S/C14H11N5O2/c15-9-5-16-19(6-9)7-13-17-14(18-21-13)11-8-20-12-4-2-1-3-10(11)12/h1-6,8H,7,15H2. The van der Waals surface area contributed by atoms with E-state index in [0.29, 0.717) is 23.9 Å². The number of anilines is 1. The highest BCUT2D eigenvalue weighted by molar-refractivity contribution is 5.91. The molecule has 4 rings (SSSR count). The summed E-state index contributed by atoms with van der Waals surface area (Å²) in [6.07, 6.45) is 4.91. The number of hydrogen-bond acceptors (Lipinski definition) is 6. The van der Waals surface area contributed by atoms with Crippen LogP contribution in [-0.4, -0.2) is 19.9 Å². The summed E-state index contributed by atoms with van der Waals surface area (Å²) in [5.41, 5.74) is 7.80. The van der Waals surface area contributed by atoms with E-state index >= 15 is 0 Å². The Bertz CT molecular complexity index is 905. The number of nitrogens with two attached hydrogens (primary N) is 1. The zero-order valence-corrected chi connectivity index (χ0v) is 10.9. The predicted octanol–water partition coefficient (Wildman–Crippen LogP) is 2.31. The van der Waals surface area contributed by atoms with Gasteiger partial charge in [-0.2, -0.15) is 10.1 Å². The van der Waals surface area contributed by atoms with Gasteiger partial charge in [0, 0.05) is 11.6 Å². The molecule has 4 aromatic rings. The Hall–Kier alpha value is -3.09. The highest BCUT2D eigenvalue weighted by Crippen LogP contribution is 2.28. The molecule has 0 spiro atoms. The minimum atomic E-state index is 0.375. The first-order chi connectivity index (χ1) is 10.3. The number of benzene rings is 1. The number of aromatic nitrogens is 4. The molecule has 3 heterocycles. The third-order valence-corrected chi connectivity index (χ3v) is 3.14. The zero-order valence-electron chi connectivity index (χ0n) is 10.9. The molecule has 3 aromatic heterocycles. The smallest absolute Gasteiger partial charge is 0.248 e. The second-order valence-corrected chi connectivity index (χ2v) is 4.63. The summed E-state index contributed by atoms with van der Waals surface area (Å²) in [4.78, 5) is 4.37. The van der Waals surface area contributed by atoms with Gasteiger partial charge in [0.15, 0.2) is 0 Å². The zero-order chi connectivity index (χ0) is 14.2. The number of nitrogens with zero attached hydrogens (tertiary/aromatic N) is 4. The van der Waals surface area contributed by atoms with Crippen molar-refractivity contribution in [2.75, 3.05) is 5.73 Å². The van der Waals surface area contributed by atoms with Gasteiger partial charge in [-0.25, -0.2) is 0 Å². The van der Waals surface area contributed by atoms with Crippen molar-refractivity contribution < 1.29 is 8.94 Å². The Morgan fingerprint density at radius 1 is 1.24 bits per heavy atom. The van der Waals surface area contributed by atoms with Gasteiger partial charge in [0.05, 0.1) is 17.4 Å². The number of para-hydroxylation sites is 1. The maximum atomic E-state index is 5.61. The third-order valence-electron chi connectivity index (χ3n) is 3.14. The van der Waals surface area contributed by atoms with Crippen molar-refractivity contribution in [3.63, 3.8) is 0 Å². The van der Waals surface area contributed by atoms with Gasteiger partial charge in [-0.1, -0.05) is 23.4 Å². The van der Waals surface area contributed by atoms with Crippen LogP contribution >= 0.6 is 0 Å². The Kier molecular flexibility index (Phi) is 2.50. The molecule has 0 bridgehead atoms. The second-order valence-electron chi connectivity index (χ2n) is 4.63. The lowest BCUT2D eigenvalue weighted by Crippen LogP contribution is -2.00. The van der Waals surface area contributed by atoms with E-state index < -0.39 is 0 Å². The molecule has 0 saturated heterocycles. The van der Waals surface area contributed by atoms with Gasteiger partial charge in [0.25, 0.3) is 0 Å². The number of nitrogen functional groups attached to an aromatic ring is 1. The van der Waals surface area contributed by atoms with Crippen LogP contribution in [0.15, 0.2) is 51.9 Å². The third kappa shape index (κ3) is 2.04. The fourth-order valence-electron chi connectivity index (χ4n) is 2.18. The molecular weight excluding hydrogens is 270 g/mol. The molecular formula is C14H11N5O2. The van der Waals surface area contributed by atoms with E-state index in [1.807, 2.05) is 24.3 Å². The summed E-state index contributed by atoms with van der Waals surface area (Å²) < 4.78 is 12.4. The van der Waals surface area contributed by atoms with Crippen molar-refractivity contribution in [2.45, 2.75) is 6.54 Å². The van der Waals surface area contributed by atoms with Crippen molar-refractivity contribution >= 4 is 16.7 Å². The molecule has 7 heteroatoms. The van der Waals surface area contributed by atoms with Crippen LogP contribution in [-0.2, 0) is 6.54 Å². The van der Waals surface area contributed by atoms with Crippen LogP contribution < -0.4 is 5.73 Å². The maximum absolute atomic E-state index is 5.61. The minimum Gasteiger partial charge on any atom is -0.464 e. The summed E-state index contributed by atoms with van der Waals surface area (Å²) in [5.74, 6) is 0.952. The van der Waals surface area contributed by atoms with Gasteiger partial charge in [-0.3, -0.25) is 4.68 Å². The number of furan rings is 1. The van der Waals surface area contributed by atoms with Crippen LogP contribution in [0, 0.1) is 0 Å². The Labute approximate surface area is 119 Å². The number of fused-ring (bicyclic) bond motifs is 1. The first kappa shape index (κ1) is 11.7. The van der Waals surface area contributed by atoms with Crippen LogP contribution in [0.1, 0.15) is 5.89 Å². The van der Waals surface area contributed by atoms with Crippen molar-refractivity contribution in [1.82, 2.24) is 19.9 Å². The predicted molar refractivity (Wildman–Crippen MR) is 75.2 cm³/mol. The van der Waals surface area contributed by atoms with Crippen molar-refractivity contribution in [3.05, 3.63) is 48.8 Å². The molecule has 0 radical (unpaired) electrons. The normalized spacial score (nSPS) is 11.2. The molecule has 0 aliphatic heterocycles. The quantitative estimate of drug-likeness (QED) is 0.619. The monoisotopic (exact) mass is 281 g/mol. The number of rotatable bonds is 3. The maximum Gasteiger partial charge on any atom is 0.248 e. The lowest BCUT2D eigenvalue weighted by atomic mass is 10.2. The second kappa shape index (κ2) is 4.48. The van der Waals surface area contributed by atoms with Crippen molar-refractivity contribution in [3.8, 4) is 11.4 Å². The van der Waals surface area contributed by atoms with Crippen LogP contribution in [0.2, 0.25) is 0 Å². The minimum absolute atomic E-state index is 0.375. The average Bonchev–Trinajstić information content (AvgIpc) is 3.19. The molecule has 21 heavy (non-hydrogen) atoms. The van der Waals surface area contributed by atoms with E-state index in [1.165, 1.54) is 0 Å². The summed E-state index contributed by atoms with van der Waals surface area (Å²) in [5, 5.41) is 9.02. The van der Waals surface area contributed by atoms with E-state index in [4.69, 9.17) is 14.7 Å². The Morgan fingerprint density at radius 2 is 2.14 bits per heavy atom. The van der Waals surface area contributed by atoms with Gasteiger partial charge in [0.2, 0.25) is 11.7 Å². The van der Waals surface area contributed by atoms with E-state index in [2.05, 4.69) is 15.2 Å². The highest BCUT2D eigenvalue weighted by Gasteiger charge is 2.14. The molecule has 0 saturated carbocycles. The summed E-state index contributed by atoms with van der Waals surface area (Å²) in [6.45, 7) is 0.375. The fourth-order valence-corrected chi connectivity index (χ4v) is 2.18. The molecule has 0 aliphatic carbocycles.